The maximum Gasteiger partial charge on any atom is 0.125 e. The first-order valence-corrected chi connectivity index (χ1v) is 9.62. The number of phenols is 1. The lowest BCUT2D eigenvalue weighted by Crippen LogP contribution is -2.19. The van der Waals surface area contributed by atoms with Crippen LogP contribution < -0.4 is 4.74 Å². The average Bonchev–Trinajstić information content (AvgIpc) is 2.58. The normalized spacial score (nSPS) is 13.5. The molecule has 2 rings (SSSR count). The van der Waals surface area contributed by atoms with Gasteiger partial charge < -0.3 is 14.6 Å². The molecule has 0 radical (unpaired) electrons. The minimum atomic E-state index is -0.329. The summed E-state index contributed by atoms with van der Waals surface area (Å²) in [5.41, 5.74) is 3.76. The van der Waals surface area contributed by atoms with Gasteiger partial charge in [0.2, 0.25) is 0 Å². The van der Waals surface area contributed by atoms with Crippen molar-refractivity contribution in [1.29, 1.82) is 0 Å². The fourth-order valence-electron chi connectivity index (χ4n) is 3.17. The van der Waals surface area contributed by atoms with Gasteiger partial charge in [-0.25, -0.2) is 0 Å². The number of hydrogen-bond donors (Lipinski definition) is 1. The lowest BCUT2D eigenvalue weighted by Gasteiger charge is -2.30. The van der Waals surface area contributed by atoms with Crippen molar-refractivity contribution in [2.75, 3.05) is 13.7 Å². The third-order valence-corrected chi connectivity index (χ3v) is 4.85. The van der Waals surface area contributed by atoms with E-state index in [2.05, 4.69) is 53.7 Å². The van der Waals surface area contributed by atoms with Crippen molar-refractivity contribution in [2.24, 2.45) is 0 Å². The number of benzene rings is 2. The van der Waals surface area contributed by atoms with Gasteiger partial charge in [0.1, 0.15) is 17.6 Å². The molecule has 0 aliphatic carbocycles. The quantitative estimate of drug-likeness (QED) is 0.689. The van der Waals surface area contributed by atoms with Crippen LogP contribution in [0.4, 0.5) is 0 Å². The standard InChI is InChI=1S/C24H34O3/c1-9-27-22(16-10-12-18(26-8)13-11-16)19-14-17(23(2,3)4)15-20(21(19)25)24(5,6)7/h10-15,22,25H,9H2,1-8H3. The maximum absolute atomic E-state index is 11.2. The van der Waals surface area contributed by atoms with Crippen LogP contribution in [0.25, 0.3) is 0 Å². The van der Waals surface area contributed by atoms with E-state index in [1.807, 2.05) is 31.2 Å². The molecule has 2 aromatic rings. The van der Waals surface area contributed by atoms with Crippen LogP contribution in [0.2, 0.25) is 0 Å². The third-order valence-electron chi connectivity index (χ3n) is 4.85. The summed E-state index contributed by atoms with van der Waals surface area (Å²) in [7, 11) is 1.66. The zero-order valence-electron chi connectivity index (χ0n) is 18.0. The number of aromatic hydroxyl groups is 1. The van der Waals surface area contributed by atoms with E-state index in [1.165, 1.54) is 5.56 Å². The number of rotatable bonds is 5. The van der Waals surface area contributed by atoms with Gasteiger partial charge in [0, 0.05) is 12.2 Å². The summed E-state index contributed by atoms with van der Waals surface area (Å²) in [5.74, 6) is 1.13. The molecule has 0 bridgehead atoms. The van der Waals surface area contributed by atoms with Crippen LogP contribution in [0.15, 0.2) is 36.4 Å². The summed E-state index contributed by atoms with van der Waals surface area (Å²) in [6, 6.07) is 12.1. The fourth-order valence-corrected chi connectivity index (χ4v) is 3.17. The highest BCUT2D eigenvalue weighted by atomic mass is 16.5. The summed E-state index contributed by atoms with van der Waals surface area (Å²) >= 11 is 0. The van der Waals surface area contributed by atoms with Crippen LogP contribution in [0.1, 0.15) is 76.8 Å². The molecule has 3 nitrogen and oxygen atoms in total. The molecular weight excluding hydrogens is 336 g/mol. The Morgan fingerprint density at radius 2 is 1.52 bits per heavy atom. The molecule has 3 heteroatoms. The van der Waals surface area contributed by atoms with Gasteiger partial charge in [-0.15, -0.1) is 0 Å². The topological polar surface area (TPSA) is 38.7 Å². The first kappa shape index (κ1) is 21.3. The molecule has 0 saturated heterocycles. The van der Waals surface area contributed by atoms with Gasteiger partial charge in [-0.3, -0.25) is 0 Å². The zero-order valence-corrected chi connectivity index (χ0v) is 18.0. The molecule has 0 aliphatic rings. The summed E-state index contributed by atoms with van der Waals surface area (Å²) in [4.78, 5) is 0. The van der Waals surface area contributed by atoms with Crippen LogP contribution in [0, 0.1) is 0 Å². The van der Waals surface area contributed by atoms with E-state index < -0.39 is 0 Å². The molecule has 0 fully saturated rings. The van der Waals surface area contributed by atoms with Crippen LogP contribution >= 0.6 is 0 Å². The van der Waals surface area contributed by atoms with E-state index in [9.17, 15) is 5.11 Å². The molecule has 0 aromatic heterocycles. The number of hydrogen-bond acceptors (Lipinski definition) is 3. The lowest BCUT2D eigenvalue weighted by atomic mass is 9.78. The monoisotopic (exact) mass is 370 g/mol. The van der Waals surface area contributed by atoms with Crippen molar-refractivity contribution in [3.05, 3.63) is 58.7 Å². The molecule has 0 amide bonds. The third kappa shape index (κ3) is 4.84. The van der Waals surface area contributed by atoms with Gasteiger partial charge in [-0.05, 0) is 52.6 Å². The second-order valence-corrected chi connectivity index (χ2v) is 9.07. The highest BCUT2D eigenvalue weighted by molar-refractivity contribution is 5.52. The summed E-state index contributed by atoms with van der Waals surface area (Å²) in [6.07, 6.45) is -0.329. The van der Waals surface area contributed by atoms with Gasteiger partial charge in [0.05, 0.1) is 7.11 Å². The largest absolute Gasteiger partial charge is 0.507 e. The molecule has 2 aromatic carbocycles. The van der Waals surface area contributed by atoms with E-state index >= 15 is 0 Å². The van der Waals surface area contributed by atoms with Crippen molar-refractivity contribution in [3.63, 3.8) is 0 Å². The van der Waals surface area contributed by atoms with E-state index in [1.54, 1.807) is 7.11 Å². The fraction of sp³-hybridized carbons (Fsp3) is 0.500. The van der Waals surface area contributed by atoms with Crippen molar-refractivity contribution < 1.29 is 14.6 Å². The second-order valence-electron chi connectivity index (χ2n) is 9.07. The molecule has 0 saturated carbocycles. The van der Waals surface area contributed by atoms with Gasteiger partial charge >= 0.3 is 0 Å². The summed E-state index contributed by atoms with van der Waals surface area (Å²) < 4.78 is 11.4. The van der Waals surface area contributed by atoms with Crippen LogP contribution in [-0.4, -0.2) is 18.8 Å². The number of ether oxygens (including phenoxy) is 2. The second kappa shape index (κ2) is 7.93. The Morgan fingerprint density at radius 1 is 0.926 bits per heavy atom. The minimum Gasteiger partial charge on any atom is -0.507 e. The Hall–Kier alpha value is -2.00. The van der Waals surface area contributed by atoms with Gasteiger partial charge in [-0.2, -0.15) is 0 Å². The van der Waals surface area contributed by atoms with E-state index in [4.69, 9.17) is 9.47 Å². The number of phenolic OH excluding ortho intramolecular Hbond substituents is 1. The maximum atomic E-state index is 11.2. The molecule has 0 heterocycles. The summed E-state index contributed by atoms with van der Waals surface area (Å²) in [6.45, 7) is 15.5. The zero-order chi connectivity index (χ0) is 20.4. The smallest absolute Gasteiger partial charge is 0.125 e. The van der Waals surface area contributed by atoms with Crippen molar-refractivity contribution in [3.8, 4) is 11.5 Å². The van der Waals surface area contributed by atoms with E-state index in [0.717, 1.165) is 22.4 Å². The summed E-state index contributed by atoms with van der Waals surface area (Å²) in [5, 5.41) is 11.2. The molecule has 27 heavy (non-hydrogen) atoms. The Bertz CT molecular complexity index is 762. The first-order valence-electron chi connectivity index (χ1n) is 9.62. The van der Waals surface area contributed by atoms with Gasteiger partial charge in [0.25, 0.3) is 0 Å². The lowest BCUT2D eigenvalue weighted by molar-refractivity contribution is 0.0891. The van der Waals surface area contributed by atoms with Crippen LogP contribution in [0.3, 0.4) is 0 Å². The van der Waals surface area contributed by atoms with Crippen molar-refractivity contribution >= 4 is 0 Å². The van der Waals surface area contributed by atoms with Crippen LogP contribution in [-0.2, 0) is 15.6 Å². The van der Waals surface area contributed by atoms with E-state index in [-0.39, 0.29) is 16.9 Å². The Morgan fingerprint density at radius 3 is 1.96 bits per heavy atom. The molecule has 0 spiro atoms. The molecule has 0 aliphatic heterocycles. The molecule has 148 valence electrons. The molecule has 1 N–H and O–H groups in total. The van der Waals surface area contributed by atoms with Crippen LogP contribution in [0.5, 0.6) is 11.5 Å². The molecule has 1 atom stereocenters. The SMILES string of the molecule is CCOC(c1ccc(OC)cc1)c1cc(C(C)(C)C)cc(C(C)(C)C)c1O. The Kier molecular flexibility index (Phi) is 6.26. The Balaban J connectivity index is 2.70. The van der Waals surface area contributed by atoms with Gasteiger partial charge in [-0.1, -0.05) is 59.7 Å². The molecular formula is C24H34O3. The molecule has 1 unspecified atom stereocenters. The van der Waals surface area contributed by atoms with E-state index in [0.29, 0.717) is 12.4 Å². The van der Waals surface area contributed by atoms with Gasteiger partial charge in [0.15, 0.2) is 0 Å². The predicted octanol–water partition coefficient (Wildman–Crippen LogP) is 6.12. The number of methoxy groups -OCH3 is 1. The Labute approximate surface area is 164 Å². The predicted molar refractivity (Wildman–Crippen MR) is 112 cm³/mol. The minimum absolute atomic E-state index is 0.0286. The highest BCUT2D eigenvalue weighted by Crippen LogP contribution is 2.42. The van der Waals surface area contributed by atoms with Crippen molar-refractivity contribution in [1.82, 2.24) is 0 Å². The van der Waals surface area contributed by atoms with Crippen molar-refractivity contribution in [2.45, 2.75) is 65.4 Å². The first-order chi connectivity index (χ1) is 12.5. The highest BCUT2D eigenvalue weighted by Gasteiger charge is 2.28. The average molecular weight is 371 g/mol.